The van der Waals surface area contributed by atoms with E-state index >= 15 is 0 Å². The Bertz CT molecular complexity index is 130. The van der Waals surface area contributed by atoms with Gasteiger partial charge in [0.15, 0.2) is 0 Å². The van der Waals surface area contributed by atoms with E-state index in [4.69, 9.17) is 14.7 Å². The summed E-state index contributed by atoms with van der Waals surface area (Å²) in [6.07, 6.45) is 0.164. The van der Waals surface area contributed by atoms with E-state index in [0.29, 0.717) is 19.1 Å². The van der Waals surface area contributed by atoms with Crippen molar-refractivity contribution in [2.45, 2.75) is 12.1 Å². The summed E-state index contributed by atoms with van der Waals surface area (Å²) < 4.78 is 5.17. The minimum absolute atomic E-state index is 0.0764. The van der Waals surface area contributed by atoms with Gasteiger partial charge in [-0.05, 0) is 0 Å². The van der Waals surface area contributed by atoms with Gasteiger partial charge in [0, 0.05) is 5.92 Å². The summed E-state index contributed by atoms with van der Waals surface area (Å²) in [6.45, 7) is 1.50. The molecule has 2 aliphatic rings. The summed E-state index contributed by atoms with van der Waals surface area (Å²) in [6, 6.07) is 0.0764. The van der Waals surface area contributed by atoms with E-state index in [0.717, 1.165) is 0 Å². The van der Waals surface area contributed by atoms with Gasteiger partial charge in [0.1, 0.15) is 6.10 Å². The molecule has 2 fully saturated rings. The van der Waals surface area contributed by atoms with E-state index in [1.165, 1.54) is 0 Å². The highest BCUT2D eigenvalue weighted by atomic mass is 16.7. The lowest BCUT2D eigenvalue weighted by atomic mass is 10.00. The van der Waals surface area contributed by atoms with Crippen LogP contribution in [0.2, 0.25) is 0 Å². The summed E-state index contributed by atoms with van der Waals surface area (Å²) in [7, 11) is 0. The van der Waals surface area contributed by atoms with Crippen LogP contribution in [0.4, 0.5) is 0 Å². The number of hydrogen-bond acceptors (Lipinski definition) is 4. The minimum Gasteiger partial charge on any atom is -0.395 e. The summed E-state index contributed by atoms with van der Waals surface area (Å²) in [5, 5.41) is 8.82. The number of fused-ring (bicyclic) bond motifs is 1. The maximum Gasteiger partial charge on any atom is 0.109 e. The van der Waals surface area contributed by atoms with Gasteiger partial charge in [-0.15, -0.1) is 0 Å². The van der Waals surface area contributed by atoms with Crippen molar-refractivity contribution in [1.29, 1.82) is 0 Å². The molecule has 0 aromatic rings. The van der Waals surface area contributed by atoms with Gasteiger partial charge in [-0.3, -0.25) is 4.84 Å². The van der Waals surface area contributed by atoms with Gasteiger partial charge in [-0.25, -0.2) is 0 Å². The molecule has 2 aliphatic heterocycles. The minimum atomic E-state index is 0.0764. The van der Waals surface area contributed by atoms with Gasteiger partial charge in [-0.2, -0.15) is 5.48 Å². The van der Waals surface area contributed by atoms with Crippen LogP contribution >= 0.6 is 0 Å². The normalized spacial score (nSPS) is 45.9. The fourth-order valence-corrected chi connectivity index (χ4v) is 1.48. The van der Waals surface area contributed by atoms with E-state index in [-0.39, 0.29) is 18.8 Å². The van der Waals surface area contributed by atoms with Crippen molar-refractivity contribution in [2.75, 3.05) is 19.8 Å². The monoisotopic (exact) mass is 145 g/mol. The predicted molar refractivity (Wildman–Crippen MR) is 33.2 cm³/mol. The lowest BCUT2D eigenvalue weighted by Gasteiger charge is -2.09. The largest absolute Gasteiger partial charge is 0.395 e. The Morgan fingerprint density at radius 3 is 3.20 bits per heavy atom. The standard InChI is InChI=1S/C6H11NO3/c8-1-5-4-2-9-3-6(4)10-7-5/h4-8H,1-3H2/t4-,5?,6-/m1/s1. The van der Waals surface area contributed by atoms with Crippen LogP contribution in [-0.4, -0.2) is 37.1 Å². The molecule has 4 heteroatoms. The molecule has 4 nitrogen and oxygen atoms in total. The Balaban J connectivity index is 2.01. The molecule has 58 valence electrons. The molecule has 1 unspecified atom stereocenters. The Kier molecular flexibility index (Phi) is 1.61. The van der Waals surface area contributed by atoms with Crippen molar-refractivity contribution in [3.63, 3.8) is 0 Å². The Hall–Kier alpha value is -0.160. The molecule has 2 saturated heterocycles. The number of ether oxygens (including phenoxy) is 1. The Morgan fingerprint density at radius 2 is 2.40 bits per heavy atom. The topological polar surface area (TPSA) is 50.7 Å². The van der Waals surface area contributed by atoms with E-state index in [9.17, 15) is 0 Å². The first kappa shape index (κ1) is 6.54. The van der Waals surface area contributed by atoms with Crippen molar-refractivity contribution >= 4 is 0 Å². The van der Waals surface area contributed by atoms with Crippen molar-refractivity contribution in [3.8, 4) is 0 Å². The maximum absolute atomic E-state index is 8.82. The fourth-order valence-electron chi connectivity index (χ4n) is 1.48. The van der Waals surface area contributed by atoms with Crippen molar-refractivity contribution in [1.82, 2.24) is 5.48 Å². The van der Waals surface area contributed by atoms with Crippen LogP contribution in [0, 0.1) is 5.92 Å². The first-order chi connectivity index (χ1) is 4.92. The van der Waals surface area contributed by atoms with Crippen molar-refractivity contribution in [3.05, 3.63) is 0 Å². The van der Waals surface area contributed by atoms with Crippen LogP contribution in [0.5, 0.6) is 0 Å². The summed E-state index contributed by atoms with van der Waals surface area (Å²) in [4.78, 5) is 5.15. The number of hydrogen-bond donors (Lipinski definition) is 2. The second kappa shape index (κ2) is 2.47. The van der Waals surface area contributed by atoms with Gasteiger partial charge in [0.2, 0.25) is 0 Å². The molecule has 0 aromatic carbocycles. The quantitative estimate of drug-likeness (QED) is 0.491. The van der Waals surface area contributed by atoms with Crippen LogP contribution < -0.4 is 5.48 Å². The Morgan fingerprint density at radius 1 is 1.50 bits per heavy atom. The molecule has 0 saturated carbocycles. The smallest absolute Gasteiger partial charge is 0.109 e. The SMILES string of the molecule is OCC1NO[C@@H]2COC[C@H]12. The Labute approximate surface area is 59.1 Å². The highest BCUT2D eigenvalue weighted by molar-refractivity contribution is 4.88. The number of aliphatic hydroxyl groups is 1. The summed E-state index contributed by atoms with van der Waals surface area (Å²) >= 11 is 0. The van der Waals surface area contributed by atoms with Gasteiger partial charge in [0.05, 0.1) is 25.9 Å². The van der Waals surface area contributed by atoms with E-state index in [1.807, 2.05) is 0 Å². The van der Waals surface area contributed by atoms with E-state index in [2.05, 4.69) is 5.48 Å². The highest BCUT2D eigenvalue weighted by Crippen LogP contribution is 2.24. The lowest BCUT2D eigenvalue weighted by Crippen LogP contribution is -2.31. The molecule has 0 aromatic heterocycles. The molecule has 0 amide bonds. The zero-order valence-corrected chi connectivity index (χ0v) is 5.62. The molecule has 0 bridgehead atoms. The third-order valence-corrected chi connectivity index (χ3v) is 2.15. The highest BCUT2D eigenvalue weighted by Gasteiger charge is 2.41. The molecule has 10 heavy (non-hydrogen) atoms. The number of nitrogens with one attached hydrogen (secondary N) is 1. The van der Waals surface area contributed by atoms with Gasteiger partial charge >= 0.3 is 0 Å². The molecule has 0 spiro atoms. The molecule has 2 heterocycles. The average Bonchev–Trinajstić information content (AvgIpc) is 2.44. The van der Waals surface area contributed by atoms with Gasteiger partial charge < -0.3 is 9.84 Å². The fraction of sp³-hybridized carbons (Fsp3) is 1.00. The van der Waals surface area contributed by atoms with E-state index < -0.39 is 0 Å². The lowest BCUT2D eigenvalue weighted by molar-refractivity contribution is -0.00265. The van der Waals surface area contributed by atoms with Gasteiger partial charge in [0.25, 0.3) is 0 Å². The zero-order valence-electron chi connectivity index (χ0n) is 5.62. The van der Waals surface area contributed by atoms with Crippen molar-refractivity contribution < 1.29 is 14.7 Å². The molecule has 2 N–H and O–H groups in total. The first-order valence-electron chi connectivity index (χ1n) is 3.51. The van der Waals surface area contributed by atoms with Crippen LogP contribution in [0.25, 0.3) is 0 Å². The van der Waals surface area contributed by atoms with Crippen molar-refractivity contribution in [2.24, 2.45) is 5.92 Å². The third kappa shape index (κ3) is 0.845. The number of rotatable bonds is 1. The number of hydroxylamine groups is 1. The third-order valence-electron chi connectivity index (χ3n) is 2.15. The predicted octanol–water partition coefficient (Wildman–Crippen LogP) is -1.10. The molecular formula is C6H11NO3. The summed E-state index contributed by atoms with van der Waals surface area (Å²) in [5.41, 5.74) is 2.78. The first-order valence-corrected chi connectivity index (χ1v) is 3.51. The van der Waals surface area contributed by atoms with Gasteiger partial charge in [-0.1, -0.05) is 0 Å². The molecule has 0 aliphatic carbocycles. The van der Waals surface area contributed by atoms with Crippen LogP contribution in [0.1, 0.15) is 0 Å². The summed E-state index contributed by atoms with van der Waals surface area (Å²) in [5.74, 6) is 0.352. The number of aliphatic hydroxyl groups excluding tert-OH is 1. The second-order valence-corrected chi connectivity index (χ2v) is 2.76. The average molecular weight is 145 g/mol. The maximum atomic E-state index is 8.82. The van der Waals surface area contributed by atoms with Crippen LogP contribution in [0.15, 0.2) is 0 Å². The zero-order chi connectivity index (χ0) is 6.97. The molecule has 2 rings (SSSR count). The van der Waals surface area contributed by atoms with Crippen LogP contribution in [0.3, 0.4) is 0 Å². The molecule has 3 atom stereocenters. The molecule has 0 radical (unpaired) electrons. The molecular weight excluding hydrogens is 134 g/mol. The van der Waals surface area contributed by atoms with Crippen LogP contribution in [-0.2, 0) is 9.57 Å². The van der Waals surface area contributed by atoms with E-state index in [1.54, 1.807) is 0 Å². The second-order valence-electron chi connectivity index (χ2n) is 2.76.